The Balaban J connectivity index is 1.26. The van der Waals surface area contributed by atoms with E-state index in [4.69, 9.17) is 14.5 Å². The van der Waals surface area contributed by atoms with Gasteiger partial charge in [0.15, 0.2) is 5.82 Å². The van der Waals surface area contributed by atoms with Gasteiger partial charge in [-0.3, -0.25) is 9.36 Å². The molecule has 226 valence electrons. The van der Waals surface area contributed by atoms with Gasteiger partial charge in [-0.05, 0) is 43.7 Å². The summed E-state index contributed by atoms with van der Waals surface area (Å²) in [6, 6.07) is 8.31. The summed E-state index contributed by atoms with van der Waals surface area (Å²) >= 11 is 0. The first-order valence-electron chi connectivity index (χ1n) is 13.8. The van der Waals surface area contributed by atoms with Gasteiger partial charge >= 0.3 is 6.55 Å². The molecular formula is C30H29F2N9O3. The van der Waals surface area contributed by atoms with Crippen molar-refractivity contribution in [3.05, 3.63) is 67.4 Å². The van der Waals surface area contributed by atoms with Crippen molar-refractivity contribution in [2.24, 2.45) is 0 Å². The number of anilines is 3. The van der Waals surface area contributed by atoms with Gasteiger partial charge in [-0.15, -0.1) is 0 Å². The van der Waals surface area contributed by atoms with Gasteiger partial charge in [-0.25, -0.2) is 24.9 Å². The molecular weight excluding hydrogens is 572 g/mol. The Bertz CT molecular complexity index is 1880. The number of halogens is 2. The van der Waals surface area contributed by atoms with E-state index < -0.39 is 6.55 Å². The fourth-order valence-electron chi connectivity index (χ4n) is 5.20. The number of imidazole rings is 1. The zero-order valence-electron chi connectivity index (χ0n) is 24.2. The molecule has 1 N–H and O–H groups in total. The molecule has 2 aromatic carbocycles. The average molecular weight is 602 g/mol. The van der Waals surface area contributed by atoms with Gasteiger partial charge in [0.2, 0.25) is 11.9 Å². The molecule has 12 nitrogen and oxygen atoms in total. The molecule has 1 atom stereocenters. The number of fused-ring (bicyclic) bond motifs is 2. The number of methoxy groups -OCH3 is 1. The van der Waals surface area contributed by atoms with E-state index in [9.17, 15) is 13.6 Å². The van der Waals surface area contributed by atoms with Crippen molar-refractivity contribution in [1.29, 1.82) is 0 Å². The summed E-state index contributed by atoms with van der Waals surface area (Å²) in [5.74, 6) is 2.30. The average Bonchev–Trinajstić information content (AvgIpc) is 3.45. The van der Waals surface area contributed by atoms with Crippen LogP contribution in [0.1, 0.15) is 19.0 Å². The smallest absolute Gasteiger partial charge is 0.320 e. The topological polar surface area (TPSA) is 123 Å². The molecule has 1 aliphatic rings. The van der Waals surface area contributed by atoms with Crippen molar-refractivity contribution < 1.29 is 23.0 Å². The second-order valence-corrected chi connectivity index (χ2v) is 10.3. The molecule has 0 bridgehead atoms. The van der Waals surface area contributed by atoms with Gasteiger partial charge in [0.25, 0.3) is 0 Å². The molecule has 1 aliphatic heterocycles. The van der Waals surface area contributed by atoms with Crippen LogP contribution in [0.25, 0.3) is 22.1 Å². The van der Waals surface area contributed by atoms with Crippen LogP contribution in [0.4, 0.5) is 26.2 Å². The van der Waals surface area contributed by atoms with Gasteiger partial charge in [-0.2, -0.15) is 8.78 Å². The van der Waals surface area contributed by atoms with Crippen molar-refractivity contribution in [3.8, 4) is 17.2 Å². The van der Waals surface area contributed by atoms with Crippen molar-refractivity contribution in [3.63, 3.8) is 0 Å². The van der Waals surface area contributed by atoms with Gasteiger partial charge in [-0.1, -0.05) is 6.58 Å². The van der Waals surface area contributed by atoms with E-state index in [0.29, 0.717) is 76.4 Å². The molecule has 14 heteroatoms. The zero-order valence-corrected chi connectivity index (χ0v) is 24.2. The number of nitrogens with zero attached hydrogens (tertiary/aromatic N) is 8. The van der Waals surface area contributed by atoms with Crippen molar-refractivity contribution >= 4 is 45.4 Å². The maximum atomic E-state index is 13.2. The molecule has 5 aromatic rings. The summed E-state index contributed by atoms with van der Waals surface area (Å²) in [4.78, 5) is 38.1. The summed E-state index contributed by atoms with van der Waals surface area (Å²) in [6.45, 7) is 6.43. The Labute approximate surface area is 251 Å². The molecule has 6 rings (SSSR count). The highest BCUT2D eigenvalue weighted by Gasteiger charge is 2.28. The molecule has 1 saturated heterocycles. The van der Waals surface area contributed by atoms with Crippen molar-refractivity contribution in [1.82, 2.24) is 34.4 Å². The van der Waals surface area contributed by atoms with Gasteiger partial charge in [0, 0.05) is 37.8 Å². The number of amides is 1. The lowest BCUT2D eigenvalue weighted by atomic mass is 10.1. The Morgan fingerprint density at radius 1 is 1.11 bits per heavy atom. The maximum absolute atomic E-state index is 13.2. The van der Waals surface area contributed by atoms with E-state index in [1.165, 1.54) is 12.4 Å². The van der Waals surface area contributed by atoms with Gasteiger partial charge in [0.1, 0.15) is 40.9 Å². The number of benzene rings is 2. The van der Waals surface area contributed by atoms with Crippen molar-refractivity contribution in [2.75, 3.05) is 37.0 Å². The standard InChI is InChI=1S/C30H29F2N9O3/c1-5-26(42)40-9-8-39(14-18(40)3)30-33-13-22-27(38-30)28(35-15-34-22)37-21-10-17(2)24(12-25(21)43-4)44-19-6-7-23-20(11-19)36-16-41(23)29(31)32/h5-7,10-13,15-16,18,29H,1,8-9,14H2,2-4H3,(H,34,35,37)/t18-/m1/s1. The Hall–Kier alpha value is -5.40. The van der Waals surface area contributed by atoms with E-state index in [0.717, 1.165) is 16.5 Å². The number of nitrogens with one attached hydrogen (secondary N) is 1. The second-order valence-electron chi connectivity index (χ2n) is 10.3. The molecule has 0 saturated carbocycles. The number of hydrogen-bond donors (Lipinski definition) is 1. The van der Waals surface area contributed by atoms with E-state index in [1.807, 2.05) is 24.8 Å². The van der Waals surface area contributed by atoms with Crippen LogP contribution in [-0.2, 0) is 4.79 Å². The van der Waals surface area contributed by atoms with Crippen LogP contribution in [0.15, 0.2) is 61.8 Å². The second kappa shape index (κ2) is 11.7. The highest BCUT2D eigenvalue weighted by atomic mass is 19.3. The maximum Gasteiger partial charge on any atom is 0.320 e. The zero-order chi connectivity index (χ0) is 31.0. The highest BCUT2D eigenvalue weighted by molar-refractivity contribution is 5.89. The summed E-state index contributed by atoms with van der Waals surface area (Å²) in [6.07, 6.45) is 5.51. The third kappa shape index (κ3) is 5.41. The van der Waals surface area contributed by atoms with Crippen LogP contribution in [0, 0.1) is 6.92 Å². The monoisotopic (exact) mass is 601 g/mol. The number of aromatic nitrogens is 6. The van der Waals surface area contributed by atoms with Crippen LogP contribution in [0.2, 0.25) is 0 Å². The van der Waals surface area contributed by atoms with Crippen molar-refractivity contribution in [2.45, 2.75) is 26.4 Å². The molecule has 0 aliphatic carbocycles. The van der Waals surface area contributed by atoms with Crippen LogP contribution < -0.4 is 19.7 Å². The number of carbonyl (C=O) groups is 1. The summed E-state index contributed by atoms with van der Waals surface area (Å²) in [5.41, 5.74) is 3.18. The first kappa shape index (κ1) is 28.7. The molecule has 4 heterocycles. The highest BCUT2D eigenvalue weighted by Crippen LogP contribution is 2.38. The predicted octanol–water partition coefficient (Wildman–Crippen LogP) is 5.24. The Kier molecular flexibility index (Phi) is 7.64. The number of alkyl halides is 2. The number of piperazine rings is 1. The quantitative estimate of drug-likeness (QED) is 0.236. The lowest BCUT2D eigenvalue weighted by Gasteiger charge is -2.39. The molecule has 1 amide bonds. The lowest BCUT2D eigenvalue weighted by molar-refractivity contribution is -0.128. The van der Waals surface area contributed by atoms with Crippen LogP contribution in [0.5, 0.6) is 17.2 Å². The summed E-state index contributed by atoms with van der Waals surface area (Å²) in [5, 5.41) is 3.32. The fraction of sp³-hybridized carbons (Fsp3) is 0.267. The summed E-state index contributed by atoms with van der Waals surface area (Å²) in [7, 11) is 1.54. The predicted molar refractivity (Wildman–Crippen MR) is 161 cm³/mol. The molecule has 1 fully saturated rings. The van der Waals surface area contributed by atoms with Crippen LogP contribution >= 0.6 is 0 Å². The number of aryl methyl sites for hydroxylation is 1. The minimum atomic E-state index is -2.68. The number of ether oxygens (including phenoxy) is 2. The third-order valence-electron chi connectivity index (χ3n) is 7.47. The normalized spacial score (nSPS) is 15.2. The first-order valence-corrected chi connectivity index (χ1v) is 13.8. The number of carbonyl (C=O) groups excluding carboxylic acids is 1. The molecule has 3 aromatic heterocycles. The SMILES string of the molecule is C=CC(=O)N1CCN(c2ncc3ncnc(Nc4cc(C)c(Oc5ccc6c(c5)ncn6C(F)F)cc4OC)c3n2)C[C@H]1C. The van der Waals surface area contributed by atoms with Gasteiger partial charge in [0.05, 0.1) is 30.0 Å². The Morgan fingerprint density at radius 2 is 1.95 bits per heavy atom. The largest absolute Gasteiger partial charge is 0.494 e. The number of hydrogen-bond acceptors (Lipinski definition) is 10. The number of rotatable bonds is 8. The van der Waals surface area contributed by atoms with E-state index in [1.54, 1.807) is 42.5 Å². The molecule has 0 unspecified atom stereocenters. The van der Waals surface area contributed by atoms with E-state index in [2.05, 4.69) is 31.8 Å². The minimum absolute atomic E-state index is 0.0389. The van der Waals surface area contributed by atoms with E-state index in [-0.39, 0.29) is 11.9 Å². The first-order chi connectivity index (χ1) is 21.2. The van der Waals surface area contributed by atoms with Crippen LogP contribution in [0.3, 0.4) is 0 Å². The summed E-state index contributed by atoms with van der Waals surface area (Å²) < 4.78 is 39.0. The van der Waals surface area contributed by atoms with E-state index >= 15 is 0 Å². The Morgan fingerprint density at radius 3 is 2.70 bits per heavy atom. The lowest BCUT2D eigenvalue weighted by Crippen LogP contribution is -2.54. The van der Waals surface area contributed by atoms with Crippen LogP contribution in [-0.4, -0.2) is 73.1 Å². The molecule has 0 radical (unpaired) electrons. The third-order valence-corrected chi connectivity index (χ3v) is 7.47. The fourth-order valence-corrected chi connectivity index (χ4v) is 5.20. The molecule has 44 heavy (non-hydrogen) atoms. The minimum Gasteiger partial charge on any atom is -0.494 e. The molecule has 0 spiro atoms. The van der Waals surface area contributed by atoms with Gasteiger partial charge < -0.3 is 24.6 Å².